The molecule has 0 bridgehead atoms. The molecule has 1 heterocycles. The number of oxime groups is 1. The van der Waals surface area contributed by atoms with Crippen LogP contribution >= 0.6 is 0 Å². The van der Waals surface area contributed by atoms with Gasteiger partial charge >= 0.3 is 0 Å². The maximum atomic E-state index is 13.2. The normalized spacial score (nSPS) is 17.6. The van der Waals surface area contributed by atoms with Crippen molar-refractivity contribution in [1.29, 1.82) is 0 Å². The Hall–Kier alpha value is -2.11. The Balaban J connectivity index is 1.67. The Morgan fingerprint density at radius 3 is 3.05 bits per heavy atom. The molecule has 0 aliphatic carbocycles. The van der Waals surface area contributed by atoms with Crippen molar-refractivity contribution in [3.05, 3.63) is 30.1 Å². The predicted octanol–water partition coefficient (Wildman–Crippen LogP) is 1.49. The van der Waals surface area contributed by atoms with Gasteiger partial charge < -0.3 is 14.9 Å². The van der Waals surface area contributed by atoms with Crippen LogP contribution in [0, 0.1) is 5.82 Å². The number of ether oxygens (including phenoxy) is 1. The number of para-hydroxylation sites is 1. The fraction of sp³-hybridized carbons (Fsp3) is 0.385. The fourth-order valence-electron chi connectivity index (χ4n) is 1.65. The van der Waals surface area contributed by atoms with E-state index in [1.165, 1.54) is 12.1 Å². The van der Waals surface area contributed by atoms with Crippen molar-refractivity contribution in [1.82, 2.24) is 5.32 Å². The molecule has 1 aliphatic heterocycles. The lowest BCUT2D eigenvalue weighted by molar-refractivity contribution is -0.131. The highest BCUT2D eigenvalue weighted by atomic mass is 19.1. The summed E-state index contributed by atoms with van der Waals surface area (Å²) < 4.78 is 18.4. The van der Waals surface area contributed by atoms with Gasteiger partial charge in [0.2, 0.25) is 6.10 Å². The van der Waals surface area contributed by atoms with Crippen molar-refractivity contribution >= 4 is 11.6 Å². The highest BCUT2D eigenvalue weighted by Gasteiger charge is 2.25. The van der Waals surface area contributed by atoms with E-state index in [4.69, 9.17) is 9.57 Å². The van der Waals surface area contributed by atoms with Gasteiger partial charge in [-0.2, -0.15) is 0 Å². The summed E-state index contributed by atoms with van der Waals surface area (Å²) in [4.78, 5) is 16.6. The Bertz CT molecular complexity index is 491. The van der Waals surface area contributed by atoms with Crippen LogP contribution < -0.4 is 10.1 Å². The summed E-state index contributed by atoms with van der Waals surface area (Å²) in [5.41, 5.74) is 0.794. The second-order valence-corrected chi connectivity index (χ2v) is 4.19. The molecule has 19 heavy (non-hydrogen) atoms. The number of benzene rings is 1. The Morgan fingerprint density at radius 2 is 2.37 bits per heavy atom. The van der Waals surface area contributed by atoms with Crippen molar-refractivity contribution in [2.75, 3.05) is 13.2 Å². The zero-order chi connectivity index (χ0) is 13.7. The molecule has 2 rings (SSSR count). The number of nitrogens with zero attached hydrogens (tertiary/aromatic N) is 1. The quantitative estimate of drug-likeness (QED) is 0.821. The molecule has 1 aromatic carbocycles. The maximum absolute atomic E-state index is 13.2. The van der Waals surface area contributed by atoms with Crippen molar-refractivity contribution in [2.45, 2.75) is 19.4 Å². The molecule has 5 nitrogen and oxygen atoms in total. The van der Waals surface area contributed by atoms with Crippen LogP contribution in [0.1, 0.15) is 13.3 Å². The van der Waals surface area contributed by atoms with Gasteiger partial charge in [-0.3, -0.25) is 4.79 Å². The third-order valence-electron chi connectivity index (χ3n) is 2.60. The lowest BCUT2D eigenvalue weighted by atomic mass is 10.2. The van der Waals surface area contributed by atoms with E-state index in [0.29, 0.717) is 6.42 Å². The van der Waals surface area contributed by atoms with Crippen LogP contribution in [0.2, 0.25) is 0 Å². The maximum Gasteiger partial charge on any atom is 0.264 e. The summed E-state index contributed by atoms with van der Waals surface area (Å²) in [5.74, 6) is -0.484. The number of hydrogen-bond acceptors (Lipinski definition) is 4. The molecule has 1 atom stereocenters. The zero-order valence-electron chi connectivity index (χ0n) is 10.6. The molecule has 1 unspecified atom stereocenters. The highest BCUT2D eigenvalue weighted by Crippen LogP contribution is 2.14. The molecule has 0 spiro atoms. The van der Waals surface area contributed by atoms with Gasteiger partial charge in [0.25, 0.3) is 5.91 Å². The SMILES string of the molecule is CC1=NOC(C(=O)NCCOc2ccccc2F)C1. The van der Waals surface area contributed by atoms with Gasteiger partial charge in [0, 0.05) is 6.42 Å². The standard InChI is InChI=1S/C13H15FN2O3/c1-9-8-12(19-16-9)13(17)15-6-7-18-11-5-3-2-4-10(11)14/h2-5,12H,6-8H2,1H3,(H,15,17). The van der Waals surface area contributed by atoms with Crippen molar-refractivity contribution in [2.24, 2.45) is 5.16 Å². The largest absolute Gasteiger partial charge is 0.489 e. The first-order valence-electron chi connectivity index (χ1n) is 6.01. The number of hydrogen-bond donors (Lipinski definition) is 1. The van der Waals surface area contributed by atoms with E-state index in [2.05, 4.69) is 10.5 Å². The highest BCUT2D eigenvalue weighted by molar-refractivity contribution is 5.91. The van der Waals surface area contributed by atoms with Crippen LogP contribution in [0.3, 0.4) is 0 Å². The fourth-order valence-corrected chi connectivity index (χ4v) is 1.65. The number of carbonyl (C=O) groups excluding carboxylic acids is 1. The Kier molecular flexibility index (Phi) is 4.33. The summed E-state index contributed by atoms with van der Waals surface area (Å²) in [5, 5.41) is 6.35. The van der Waals surface area contributed by atoms with Crippen molar-refractivity contribution < 1.29 is 18.8 Å². The van der Waals surface area contributed by atoms with E-state index in [0.717, 1.165) is 5.71 Å². The van der Waals surface area contributed by atoms with Crippen LogP contribution in [0.4, 0.5) is 4.39 Å². The van der Waals surface area contributed by atoms with Crippen molar-refractivity contribution in [3.63, 3.8) is 0 Å². The Morgan fingerprint density at radius 1 is 1.58 bits per heavy atom. The first-order valence-corrected chi connectivity index (χ1v) is 6.01. The molecule has 1 amide bonds. The minimum absolute atomic E-state index is 0.174. The molecule has 0 aromatic heterocycles. The van der Waals surface area contributed by atoms with Gasteiger partial charge in [-0.1, -0.05) is 17.3 Å². The van der Waals surface area contributed by atoms with Crippen LogP contribution in [0.5, 0.6) is 5.75 Å². The Labute approximate surface area is 110 Å². The summed E-state index contributed by atoms with van der Waals surface area (Å²) in [6, 6.07) is 6.13. The molecule has 6 heteroatoms. The molecule has 1 aromatic rings. The molecular formula is C13H15FN2O3. The smallest absolute Gasteiger partial charge is 0.264 e. The molecule has 0 saturated carbocycles. The molecule has 0 radical (unpaired) electrons. The summed E-state index contributed by atoms with van der Waals surface area (Å²) in [7, 11) is 0. The lowest BCUT2D eigenvalue weighted by Gasteiger charge is -2.10. The van der Waals surface area contributed by atoms with Gasteiger partial charge in [-0.25, -0.2) is 4.39 Å². The second-order valence-electron chi connectivity index (χ2n) is 4.19. The van der Waals surface area contributed by atoms with Gasteiger partial charge in [-0.05, 0) is 19.1 Å². The van der Waals surface area contributed by atoms with Gasteiger partial charge in [-0.15, -0.1) is 0 Å². The molecule has 0 fully saturated rings. The molecule has 1 N–H and O–H groups in total. The van der Waals surface area contributed by atoms with Crippen LogP contribution in [-0.2, 0) is 9.63 Å². The average Bonchev–Trinajstić information content (AvgIpc) is 2.83. The summed E-state index contributed by atoms with van der Waals surface area (Å²) in [6.45, 7) is 2.28. The monoisotopic (exact) mass is 266 g/mol. The van der Waals surface area contributed by atoms with Crippen molar-refractivity contribution in [3.8, 4) is 5.75 Å². The summed E-state index contributed by atoms with van der Waals surface area (Å²) in [6.07, 6.45) is -0.0616. The third kappa shape index (κ3) is 3.67. The van der Waals surface area contributed by atoms with E-state index < -0.39 is 11.9 Å². The molecule has 102 valence electrons. The second kappa shape index (κ2) is 6.17. The lowest BCUT2D eigenvalue weighted by Crippen LogP contribution is -2.37. The van der Waals surface area contributed by atoms with E-state index in [-0.39, 0.29) is 24.8 Å². The zero-order valence-corrected chi connectivity index (χ0v) is 10.6. The van der Waals surface area contributed by atoms with E-state index in [1.54, 1.807) is 19.1 Å². The third-order valence-corrected chi connectivity index (χ3v) is 2.60. The van der Waals surface area contributed by atoms with Gasteiger partial charge in [0.05, 0.1) is 12.3 Å². The number of nitrogens with one attached hydrogen (secondary N) is 1. The van der Waals surface area contributed by atoms with E-state index >= 15 is 0 Å². The predicted molar refractivity (Wildman–Crippen MR) is 67.5 cm³/mol. The number of carbonyl (C=O) groups is 1. The number of halogens is 1. The first-order chi connectivity index (χ1) is 9.16. The van der Waals surface area contributed by atoms with Crippen LogP contribution in [0.25, 0.3) is 0 Å². The molecule has 0 saturated heterocycles. The summed E-state index contributed by atoms with van der Waals surface area (Å²) >= 11 is 0. The minimum atomic E-state index is -0.562. The number of amides is 1. The number of rotatable bonds is 5. The average molecular weight is 266 g/mol. The first kappa shape index (κ1) is 13.3. The topological polar surface area (TPSA) is 59.9 Å². The molecular weight excluding hydrogens is 251 g/mol. The van der Waals surface area contributed by atoms with E-state index in [1.807, 2.05) is 0 Å². The van der Waals surface area contributed by atoms with E-state index in [9.17, 15) is 9.18 Å². The van der Waals surface area contributed by atoms with Crippen LogP contribution in [0.15, 0.2) is 29.4 Å². The van der Waals surface area contributed by atoms with Gasteiger partial charge in [0.1, 0.15) is 6.61 Å². The minimum Gasteiger partial charge on any atom is -0.489 e. The van der Waals surface area contributed by atoms with Gasteiger partial charge in [0.15, 0.2) is 11.6 Å². The van der Waals surface area contributed by atoms with Crippen LogP contribution in [-0.4, -0.2) is 30.9 Å². The molecule has 1 aliphatic rings.